The molecule has 0 saturated carbocycles. The number of benzene rings is 3. The third kappa shape index (κ3) is 6.03. The van der Waals surface area contributed by atoms with Crippen LogP contribution in [0.1, 0.15) is 22.3 Å². The molecule has 0 bridgehead atoms. The maximum Gasteiger partial charge on any atom is 0.335 e. The molecule has 1 fully saturated rings. The van der Waals surface area contributed by atoms with Crippen LogP contribution in [0.4, 0.5) is 16.2 Å². The average Bonchev–Trinajstić information content (AvgIpc) is 2.85. The number of halogens is 2. The van der Waals surface area contributed by atoms with Gasteiger partial charge in [-0.2, -0.15) is 0 Å². The van der Waals surface area contributed by atoms with Gasteiger partial charge in [0, 0.05) is 5.69 Å². The van der Waals surface area contributed by atoms with Gasteiger partial charge < -0.3 is 10.1 Å². The molecule has 1 aliphatic heterocycles. The number of carbonyl (C=O) groups is 4. The number of nitrogens with one attached hydrogen (secondary N) is 2. The predicted molar refractivity (Wildman–Crippen MR) is 152 cm³/mol. The number of imide groups is 2. The van der Waals surface area contributed by atoms with Crippen molar-refractivity contribution in [3.05, 3.63) is 91.4 Å². The highest BCUT2D eigenvalue weighted by Gasteiger charge is 2.37. The molecule has 1 aliphatic rings. The van der Waals surface area contributed by atoms with E-state index in [1.165, 1.54) is 6.08 Å². The summed E-state index contributed by atoms with van der Waals surface area (Å²) in [5.74, 6) is -1.49. The van der Waals surface area contributed by atoms with Crippen LogP contribution < -0.4 is 20.3 Å². The molecule has 4 rings (SSSR count). The minimum absolute atomic E-state index is 0.201. The van der Waals surface area contributed by atoms with Crippen molar-refractivity contribution in [1.82, 2.24) is 5.32 Å². The lowest BCUT2D eigenvalue weighted by molar-refractivity contribution is -0.122. The van der Waals surface area contributed by atoms with E-state index in [9.17, 15) is 19.2 Å². The van der Waals surface area contributed by atoms with E-state index >= 15 is 0 Å². The molecule has 1 saturated heterocycles. The van der Waals surface area contributed by atoms with Crippen LogP contribution in [-0.4, -0.2) is 30.4 Å². The first kappa shape index (κ1) is 27.3. The van der Waals surface area contributed by atoms with E-state index in [0.29, 0.717) is 31.6 Å². The number of amides is 5. The van der Waals surface area contributed by atoms with Crippen molar-refractivity contribution in [2.24, 2.45) is 0 Å². The molecule has 38 heavy (non-hydrogen) atoms. The second kappa shape index (κ2) is 11.3. The van der Waals surface area contributed by atoms with Crippen molar-refractivity contribution in [1.29, 1.82) is 0 Å². The summed E-state index contributed by atoms with van der Waals surface area (Å²) in [6.07, 6.45) is 1.39. The summed E-state index contributed by atoms with van der Waals surface area (Å²) in [6, 6.07) is 15.0. The van der Waals surface area contributed by atoms with Gasteiger partial charge in [-0.15, -0.1) is 0 Å². The summed E-state index contributed by atoms with van der Waals surface area (Å²) in [5, 5.41) is 4.99. The number of barbiturate groups is 1. The van der Waals surface area contributed by atoms with Crippen molar-refractivity contribution in [2.75, 3.05) is 16.8 Å². The lowest BCUT2D eigenvalue weighted by atomic mass is 10.1. The summed E-state index contributed by atoms with van der Waals surface area (Å²) < 4.78 is 6.68. The molecule has 0 unspecified atom stereocenters. The highest BCUT2D eigenvalue weighted by molar-refractivity contribution is 9.11. The van der Waals surface area contributed by atoms with Gasteiger partial charge in [-0.05, 0) is 112 Å². The molecule has 194 valence electrons. The van der Waals surface area contributed by atoms with Crippen LogP contribution in [0.15, 0.2) is 69.1 Å². The first-order valence-corrected chi connectivity index (χ1v) is 13.1. The first-order valence-electron chi connectivity index (χ1n) is 11.5. The molecule has 8 nitrogen and oxygen atoms in total. The zero-order chi connectivity index (χ0) is 27.6. The van der Waals surface area contributed by atoms with Gasteiger partial charge in [0.1, 0.15) is 11.3 Å². The second-order valence-electron chi connectivity index (χ2n) is 8.74. The monoisotopic (exact) mass is 639 g/mol. The Hall–Kier alpha value is -3.76. The zero-order valence-corrected chi connectivity index (χ0v) is 23.9. The van der Waals surface area contributed by atoms with Crippen LogP contribution >= 0.6 is 31.9 Å². The quantitative estimate of drug-likeness (QED) is 0.261. The molecule has 2 N–H and O–H groups in total. The van der Waals surface area contributed by atoms with Gasteiger partial charge >= 0.3 is 6.03 Å². The molecular weight excluding hydrogens is 618 g/mol. The Balaban J connectivity index is 1.53. The lowest BCUT2D eigenvalue weighted by Crippen LogP contribution is -2.54. The molecule has 0 aliphatic carbocycles. The minimum Gasteiger partial charge on any atom is -0.481 e. The first-order chi connectivity index (χ1) is 18.0. The van der Waals surface area contributed by atoms with Crippen molar-refractivity contribution >= 4 is 73.1 Å². The highest BCUT2D eigenvalue weighted by Crippen LogP contribution is 2.36. The Morgan fingerprint density at radius 1 is 0.947 bits per heavy atom. The van der Waals surface area contributed by atoms with E-state index in [2.05, 4.69) is 42.5 Å². The van der Waals surface area contributed by atoms with Crippen LogP contribution in [0.3, 0.4) is 0 Å². The fourth-order valence-electron chi connectivity index (χ4n) is 3.70. The van der Waals surface area contributed by atoms with E-state index in [-0.39, 0.29) is 18.1 Å². The molecule has 3 aromatic rings. The van der Waals surface area contributed by atoms with E-state index in [4.69, 9.17) is 4.74 Å². The second-order valence-corrected chi connectivity index (χ2v) is 10.5. The van der Waals surface area contributed by atoms with Crippen LogP contribution in [-0.2, 0) is 14.4 Å². The van der Waals surface area contributed by atoms with Crippen molar-refractivity contribution in [3.8, 4) is 5.75 Å². The number of rotatable bonds is 6. The van der Waals surface area contributed by atoms with Crippen LogP contribution in [0.5, 0.6) is 5.75 Å². The number of ether oxygens (including phenoxy) is 1. The molecule has 0 aromatic heterocycles. The van der Waals surface area contributed by atoms with Gasteiger partial charge in [-0.1, -0.05) is 23.8 Å². The zero-order valence-electron chi connectivity index (χ0n) is 20.7. The van der Waals surface area contributed by atoms with Gasteiger partial charge in [0.2, 0.25) is 0 Å². The maximum atomic E-state index is 13.2. The van der Waals surface area contributed by atoms with Gasteiger partial charge in [-0.25, -0.2) is 9.69 Å². The molecule has 0 atom stereocenters. The lowest BCUT2D eigenvalue weighted by Gasteiger charge is -2.27. The van der Waals surface area contributed by atoms with Gasteiger partial charge in [-0.3, -0.25) is 19.7 Å². The number of aryl methyl sites for hydroxylation is 3. The fourth-order valence-corrected chi connectivity index (χ4v) is 5.15. The largest absolute Gasteiger partial charge is 0.481 e. The summed E-state index contributed by atoms with van der Waals surface area (Å²) >= 11 is 6.85. The van der Waals surface area contributed by atoms with E-state index < -0.39 is 17.8 Å². The number of anilines is 2. The number of carbonyl (C=O) groups excluding carboxylic acids is 4. The molecular formula is C28H23Br2N3O5. The summed E-state index contributed by atoms with van der Waals surface area (Å²) in [4.78, 5) is 51.5. The van der Waals surface area contributed by atoms with Crippen molar-refractivity contribution in [3.63, 3.8) is 0 Å². The third-order valence-electron chi connectivity index (χ3n) is 5.86. The van der Waals surface area contributed by atoms with Crippen molar-refractivity contribution in [2.45, 2.75) is 20.8 Å². The number of hydrogen-bond acceptors (Lipinski definition) is 5. The molecule has 3 aromatic carbocycles. The van der Waals surface area contributed by atoms with Gasteiger partial charge in [0.15, 0.2) is 6.61 Å². The Labute approximate surface area is 236 Å². The average molecular weight is 641 g/mol. The molecule has 1 heterocycles. The number of urea groups is 1. The Morgan fingerprint density at radius 3 is 2.24 bits per heavy atom. The Morgan fingerprint density at radius 2 is 1.61 bits per heavy atom. The topological polar surface area (TPSA) is 105 Å². The van der Waals surface area contributed by atoms with E-state index in [0.717, 1.165) is 21.6 Å². The van der Waals surface area contributed by atoms with Gasteiger partial charge in [0.25, 0.3) is 17.7 Å². The molecule has 5 amide bonds. The minimum atomic E-state index is -0.810. The normalized spacial score (nSPS) is 14.5. The van der Waals surface area contributed by atoms with Crippen LogP contribution in [0.2, 0.25) is 0 Å². The SMILES string of the molecule is Cc1ccc(NC(=O)COc2c(Br)cc(/C=C3\C(=O)NC(=O)N(c4ccc(C)c(C)c4)C3=O)cc2Br)cc1. The van der Waals surface area contributed by atoms with Gasteiger partial charge in [0.05, 0.1) is 14.6 Å². The maximum absolute atomic E-state index is 13.2. The molecule has 0 spiro atoms. The smallest absolute Gasteiger partial charge is 0.335 e. The number of hydrogen-bond donors (Lipinski definition) is 2. The third-order valence-corrected chi connectivity index (χ3v) is 7.04. The summed E-state index contributed by atoms with van der Waals surface area (Å²) in [6.45, 7) is 5.52. The van der Waals surface area contributed by atoms with E-state index in [1.807, 2.05) is 32.9 Å². The number of nitrogens with zero attached hydrogens (tertiary/aromatic N) is 1. The molecule has 0 radical (unpaired) electrons. The van der Waals surface area contributed by atoms with Crippen LogP contribution in [0, 0.1) is 20.8 Å². The van der Waals surface area contributed by atoms with Crippen molar-refractivity contribution < 1.29 is 23.9 Å². The Bertz CT molecular complexity index is 1480. The fraction of sp³-hybridized carbons (Fsp3) is 0.143. The predicted octanol–water partition coefficient (Wildman–Crippen LogP) is 5.82. The summed E-state index contributed by atoms with van der Waals surface area (Å²) in [5.41, 5.74) is 4.31. The van der Waals surface area contributed by atoms with E-state index in [1.54, 1.807) is 42.5 Å². The summed E-state index contributed by atoms with van der Waals surface area (Å²) in [7, 11) is 0. The Kier molecular flexibility index (Phi) is 8.13. The van der Waals surface area contributed by atoms with Crippen LogP contribution in [0.25, 0.3) is 6.08 Å². The highest BCUT2D eigenvalue weighted by atomic mass is 79.9. The standard InChI is InChI=1S/C28H23Br2N3O5/c1-15-4-7-19(8-5-15)31-24(34)14-38-25-22(29)12-18(13-23(25)30)11-21-26(35)32-28(37)33(27(21)36)20-9-6-16(2)17(3)10-20/h4-13H,14H2,1-3H3,(H,31,34)(H,32,35,37)/b21-11+. The molecule has 10 heteroatoms.